The molecule has 0 N–H and O–H groups in total. The van der Waals surface area contributed by atoms with Crippen molar-refractivity contribution in [3.63, 3.8) is 0 Å². The summed E-state index contributed by atoms with van der Waals surface area (Å²) in [6.45, 7) is 0. The third-order valence-electron chi connectivity index (χ3n) is 1.69. The first kappa shape index (κ1) is 8.43. The Morgan fingerprint density at radius 1 is 1.29 bits per heavy atom. The van der Waals surface area contributed by atoms with Crippen LogP contribution in [0.1, 0.15) is 0 Å². The molecule has 2 rings (SSSR count). The average molecular weight is 188 g/mol. The highest BCUT2D eigenvalue weighted by Crippen LogP contribution is 2.03. The van der Waals surface area contributed by atoms with E-state index in [2.05, 4.69) is 10.3 Å². The average Bonchev–Trinajstić information content (AvgIpc) is 2.18. The van der Waals surface area contributed by atoms with Crippen molar-refractivity contribution in [3.05, 3.63) is 47.3 Å². The number of carbonyl (C=O) groups excluding carboxylic acids is 1. The highest BCUT2D eigenvalue weighted by atomic mass is 16.1. The van der Waals surface area contributed by atoms with E-state index in [1.54, 1.807) is 0 Å². The van der Waals surface area contributed by atoms with Crippen molar-refractivity contribution in [2.45, 2.75) is 0 Å². The number of hydrogen-bond donors (Lipinski definition) is 0. The van der Waals surface area contributed by atoms with Gasteiger partial charge in [-0.25, -0.2) is 5.32 Å². The smallest absolute Gasteiger partial charge is 0.274 e. The lowest BCUT2D eigenvalue weighted by molar-refractivity contribution is -0.110. The number of ketones is 1. The molecule has 0 bridgehead atoms. The van der Waals surface area contributed by atoms with E-state index in [9.17, 15) is 9.59 Å². The first-order chi connectivity index (χ1) is 6.77. The molecule has 0 unspecified atom stereocenters. The molecular weight excluding hydrogens is 182 g/mol. The number of carbonyl (C=O) groups is 1. The summed E-state index contributed by atoms with van der Waals surface area (Å²) < 4.78 is 1.26. The van der Waals surface area contributed by atoms with Crippen molar-refractivity contribution < 1.29 is 4.79 Å². The van der Waals surface area contributed by atoms with Crippen molar-refractivity contribution in [2.24, 2.45) is 0 Å². The summed E-state index contributed by atoms with van der Waals surface area (Å²) in [5.41, 5.74) is -0.314. The Morgan fingerprint density at radius 2 is 2.14 bits per heavy atom. The number of allylic oxidation sites excluding steroid dienone is 2. The van der Waals surface area contributed by atoms with E-state index in [1.807, 2.05) is 0 Å². The molecule has 0 aliphatic carbocycles. The largest absolute Gasteiger partial charge is 0.290 e. The number of nitrogens with zero attached hydrogens (tertiary/aromatic N) is 3. The van der Waals surface area contributed by atoms with Gasteiger partial charge in [0.1, 0.15) is 5.82 Å². The molecule has 5 nitrogen and oxygen atoms in total. The van der Waals surface area contributed by atoms with E-state index in [0.29, 0.717) is 5.82 Å². The SMILES string of the molecule is O=C1C=C[N]C(n2ccncc2=O)=C1. The molecule has 0 saturated carbocycles. The third kappa shape index (κ3) is 1.47. The van der Waals surface area contributed by atoms with Crippen molar-refractivity contribution in [1.82, 2.24) is 14.9 Å². The minimum Gasteiger partial charge on any atom is -0.290 e. The molecule has 69 valence electrons. The van der Waals surface area contributed by atoms with Gasteiger partial charge in [0.15, 0.2) is 5.78 Å². The van der Waals surface area contributed by atoms with E-state index in [0.717, 1.165) is 0 Å². The summed E-state index contributed by atoms with van der Waals surface area (Å²) >= 11 is 0. The predicted molar refractivity (Wildman–Crippen MR) is 49.1 cm³/mol. The van der Waals surface area contributed by atoms with Crippen LogP contribution in [0.2, 0.25) is 0 Å². The van der Waals surface area contributed by atoms with Crippen LogP contribution in [0.25, 0.3) is 5.82 Å². The molecule has 1 aromatic heterocycles. The first-order valence-electron chi connectivity index (χ1n) is 3.93. The molecule has 0 aromatic carbocycles. The van der Waals surface area contributed by atoms with Gasteiger partial charge in [-0.1, -0.05) is 0 Å². The van der Waals surface area contributed by atoms with Gasteiger partial charge < -0.3 is 0 Å². The highest BCUT2D eigenvalue weighted by molar-refractivity contribution is 6.03. The maximum atomic E-state index is 11.3. The second kappa shape index (κ2) is 3.29. The molecule has 14 heavy (non-hydrogen) atoms. The fourth-order valence-electron chi connectivity index (χ4n) is 1.07. The highest BCUT2D eigenvalue weighted by Gasteiger charge is 2.08. The minimum absolute atomic E-state index is 0.182. The van der Waals surface area contributed by atoms with Gasteiger partial charge in [0.2, 0.25) is 0 Å². The van der Waals surface area contributed by atoms with Gasteiger partial charge in [0, 0.05) is 30.7 Å². The van der Waals surface area contributed by atoms with Gasteiger partial charge in [-0.3, -0.25) is 19.1 Å². The quantitative estimate of drug-likeness (QED) is 0.610. The third-order valence-corrected chi connectivity index (χ3v) is 1.69. The maximum Gasteiger partial charge on any atom is 0.274 e. The van der Waals surface area contributed by atoms with Crippen LogP contribution in [0.3, 0.4) is 0 Å². The fourth-order valence-corrected chi connectivity index (χ4v) is 1.07. The zero-order chi connectivity index (χ0) is 9.97. The van der Waals surface area contributed by atoms with E-state index in [4.69, 9.17) is 0 Å². The molecule has 0 amide bonds. The summed E-state index contributed by atoms with van der Waals surface area (Å²) in [5.74, 6) is 0.128. The topological polar surface area (TPSA) is 66.1 Å². The molecule has 1 aliphatic heterocycles. The van der Waals surface area contributed by atoms with Crippen LogP contribution in [0.5, 0.6) is 0 Å². The molecule has 1 radical (unpaired) electrons. The van der Waals surface area contributed by atoms with Crippen LogP contribution < -0.4 is 10.9 Å². The van der Waals surface area contributed by atoms with E-state index in [-0.39, 0.29) is 11.3 Å². The monoisotopic (exact) mass is 188 g/mol. The number of rotatable bonds is 1. The van der Waals surface area contributed by atoms with Crippen LogP contribution in [-0.2, 0) is 4.79 Å². The van der Waals surface area contributed by atoms with Crippen LogP contribution in [0.4, 0.5) is 0 Å². The van der Waals surface area contributed by atoms with E-state index >= 15 is 0 Å². The number of aromatic nitrogens is 2. The molecular formula is C9H6N3O2. The van der Waals surface area contributed by atoms with Crippen molar-refractivity contribution in [1.29, 1.82) is 0 Å². The Balaban J connectivity index is 2.47. The second-order valence-electron chi connectivity index (χ2n) is 2.63. The van der Waals surface area contributed by atoms with Crippen LogP contribution >= 0.6 is 0 Å². The lowest BCUT2D eigenvalue weighted by Crippen LogP contribution is -2.23. The predicted octanol–water partition coefficient (Wildman–Crippen LogP) is -0.258. The van der Waals surface area contributed by atoms with Gasteiger partial charge >= 0.3 is 0 Å². The van der Waals surface area contributed by atoms with Crippen LogP contribution in [-0.4, -0.2) is 15.3 Å². The summed E-state index contributed by atoms with van der Waals surface area (Å²) in [6, 6.07) is 0. The number of hydrogen-bond acceptors (Lipinski definition) is 3. The summed E-state index contributed by atoms with van der Waals surface area (Å²) in [4.78, 5) is 25.9. The Morgan fingerprint density at radius 3 is 2.86 bits per heavy atom. The molecule has 1 aliphatic rings. The Labute approximate surface area is 79.4 Å². The molecule has 5 heteroatoms. The van der Waals surface area contributed by atoms with Crippen molar-refractivity contribution in [2.75, 3.05) is 0 Å². The lowest BCUT2D eigenvalue weighted by atomic mass is 10.3. The summed E-state index contributed by atoms with van der Waals surface area (Å²) in [6.07, 6.45) is 8.07. The first-order valence-corrected chi connectivity index (χ1v) is 3.93. The fraction of sp³-hybridized carbons (Fsp3) is 0. The zero-order valence-corrected chi connectivity index (χ0v) is 7.12. The van der Waals surface area contributed by atoms with Crippen LogP contribution in [0.15, 0.2) is 41.7 Å². The zero-order valence-electron chi connectivity index (χ0n) is 7.12. The van der Waals surface area contributed by atoms with Crippen molar-refractivity contribution in [3.8, 4) is 0 Å². The Bertz CT molecular complexity index is 485. The lowest BCUT2D eigenvalue weighted by Gasteiger charge is -2.08. The van der Waals surface area contributed by atoms with Gasteiger partial charge in [-0.15, -0.1) is 0 Å². The van der Waals surface area contributed by atoms with Gasteiger partial charge in [-0.2, -0.15) is 0 Å². The molecule has 0 spiro atoms. The summed E-state index contributed by atoms with van der Waals surface area (Å²) in [5, 5.41) is 3.91. The summed E-state index contributed by atoms with van der Waals surface area (Å²) in [7, 11) is 0. The maximum absolute atomic E-state index is 11.3. The Hall–Kier alpha value is -2.17. The standard InChI is InChI=1S/C9H6N3O2/c13-7-1-2-11-8(5-7)12-4-3-10-6-9(12)14/h1-6H. The molecule has 0 saturated heterocycles. The second-order valence-corrected chi connectivity index (χ2v) is 2.63. The molecule has 2 heterocycles. The van der Waals surface area contributed by atoms with Gasteiger partial charge in [0.25, 0.3) is 5.56 Å². The molecule has 1 aromatic rings. The molecule has 0 atom stereocenters. The van der Waals surface area contributed by atoms with Crippen molar-refractivity contribution >= 4 is 11.6 Å². The van der Waals surface area contributed by atoms with E-state index < -0.39 is 0 Å². The normalized spacial score (nSPS) is 14.9. The Kier molecular flexibility index (Phi) is 1.98. The van der Waals surface area contributed by atoms with Crippen LogP contribution in [0, 0.1) is 0 Å². The van der Waals surface area contributed by atoms with Gasteiger partial charge in [-0.05, 0) is 0 Å². The van der Waals surface area contributed by atoms with E-state index in [1.165, 1.54) is 41.5 Å². The molecule has 0 fully saturated rings. The minimum atomic E-state index is -0.314. The van der Waals surface area contributed by atoms with Gasteiger partial charge in [0.05, 0.1) is 6.20 Å².